The van der Waals surface area contributed by atoms with E-state index in [1.54, 1.807) is 19.2 Å². The number of hydrogen-bond acceptors (Lipinski definition) is 6. The summed E-state index contributed by atoms with van der Waals surface area (Å²) in [7, 11) is 1.54. The van der Waals surface area contributed by atoms with Crippen LogP contribution in [0, 0.1) is 0 Å². The number of likely N-dealkylation sites (tertiary alicyclic amines) is 1. The number of hydrogen-bond donors (Lipinski definition) is 1. The Labute approximate surface area is 193 Å². The van der Waals surface area contributed by atoms with Crippen LogP contribution in [0.15, 0.2) is 48.0 Å². The molecule has 0 bridgehead atoms. The van der Waals surface area contributed by atoms with Crippen molar-refractivity contribution in [2.75, 3.05) is 33.5 Å². The summed E-state index contributed by atoms with van der Waals surface area (Å²) in [4.78, 5) is 27.4. The number of ketones is 1. The van der Waals surface area contributed by atoms with Gasteiger partial charge in [0, 0.05) is 25.6 Å². The molecule has 2 heterocycles. The van der Waals surface area contributed by atoms with Crippen LogP contribution in [0.2, 0.25) is 0 Å². The topological polar surface area (TPSA) is 85.3 Å². The van der Waals surface area contributed by atoms with E-state index in [-0.39, 0.29) is 24.5 Å². The van der Waals surface area contributed by atoms with Crippen molar-refractivity contribution in [3.63, 3.8) is 0 Å². The fraction of sp³-hybridized carbons (Fsp3) is 0.385. The second-order valence-corrected chi connectivity index (χ2v) is 8.18. The van der Waals surface area contributed by atoms with E-state index in [4.69, 9.17) is 14.2 Å². The molecule has 2 aromatic rings. The van der Waals surface area contributed by atoms with Gasteiger partial charge < -0.3 is 24.2 Å². The Bertz CT molecular complexity index is 1060. The number of aliphatic hydroxyl groups is 1. The van der Waals surface area contributed by atoms with E-state index < -0.39 is 17.7 Å². The third-order valence-electron chi connectivity index (χ3n) is 6.00. The first-order chi connectivity index (χ1) is 16.0. The van der Waals surface area contributed by atoms with Crippen LogP contribution in [0.25, 0.3) is 5.76 Å². The number of carbonyl (C=O) groups is 2. The second-order valence-electron chi connectivity index (χ2n) is 8.18. The summed E-state index contributed by atoms with van der Waals surface area (Å²) < 4.78 is 16.4. The van der Waals surface area contributed by atoms with Crippen LogP contribution in [0.4, 0.5) is 0 Å². The number of unbranched alkanes of at least 4 members (excludes halogenated alkanes) is 1. The lowest BCUT2D eigenvalue weighted by Gasteiger charge is -2.25. The molecule has 7 heteroatoms. The van der Waals surface area contributed by atoms with Crippen LogP contribution in [-0.4, -0.2) is 55.2 Å². The Kier molecular flexibility index (Phi) is 6.99. The Morgan fingerprint density at radius 1 is 1.15 bits per heavy atom. The molecule has 2 aliphatic rings. The summed E-state index contributed by atoms with van der Waals surface area (Å²) in [5, 5.41) is 11.2. The van der Waals surface area contributed by atoms with Crippen LogP contribution in [0.5, 0.6) is 11.5 Å². The highest BCUT2D eigenvalue weighted by Crippen LogP contribution is 2.40. The van der Waals surface area contributed by atoms with Crippen molar-refractivity contribution in [2.24, 2.45) is 0 Å². The number of nitrogens with zero attached hydrogens (tertiary/aromatic N) is 1. The lowest BCUT2D eigenvalue weighted by molar-refractivity contribution is -0.140. The van der Waals surface area contributed by atoms with Crippen LogP contribution in [-0.2, 0) is 20.7 Å². The lowest BCUT2D eigenvalue weighted by atomic mass is 9.94. The molecule has 1 unspecified atom stereocenters. The molecule has 0 spiro atoms. The van der Waals surface area contributed by atoms with Crippen molar-refractivity contribution in [1.82, 2.24) is 4.90 Å². The molecule has 1 fully saturated rings. The van der Waals surface area contributed by atoms with Gasteiger partial charge in [0.2, 0.25) is 0 Å². The van der Waals surface area contributed by atoms with E-state index in [9.17, 15) is 14.7 Å². The van der Waals surface area contributed by atoms with Crippen molar-refractivity contribution >= 4 is 17.4 Å². The van der Waals surface area contributed by atoms with E-state index in [1.807, 2.05) is 30.3 Å². The average molecular weight is 452 g/mol. The van der Waals surface area contributed by atoms with E-state index >= 15 is 0 Å². The molecule has 0 radical (unpaired) electrons. The summed E-state index contributed by atoms with van der Waals surface area (Å²) in [5.41, 5.74) is 2.26. The molecule has 4 rings (SSSR count). The van der Waals surface area contributed by atoms with Crippen LogP contribution >= 0.6 is 0 Å². The van der Waals surface area contributed by atoms with Gasteiger partial charge in [-0.15, -0.1) is 0 Å². The van der Waals surface area contributed by atoms with Crippen molar-refractivity contribution < 1.29 is 28.9 Å². The van der Waals surface area contributed by atoms with Crippen LogP contribution in [0.3, 0.4) is 0 Å². The van der Waals surface area contributed by atoms with Gasteiger partial charge in [-0.2, -0.15) is 0 Å². The summed E-state index contributed by atoms with van der Waals surface area (Å²) in [6.07, 6.45) is 2.74. The summed E-state index contributed by atoms with van der Waals surface area (Å²) in [6.45, 7) is 3.83. The quantitative estimate of drug-likeness (QED) is 0.270. The molecule has 2 aliphatic heterocycles. The average Bonchev–Trinajstić information content (AvgIpc) is 3.40. The zero-order valence-electron chi connectivity index (χ0n) is 19.0. The zero-order valence-corrected chi connectivity index (χ0v) is 19.0. The first kappa shape index (κ1) is 22.9. The van der Waals surface area contributed by atoms with Gasteiger partial charge in [0.15, 0.2) is 0 Å². The third kappa shape index (κ3) is 4.59. The summed E-state index contributed by atoms with van der Waals surface area (Å²) >= 11 is 0. The number of Topliss-reactive ketones (excluding diaryl/α,β-unsaturated/α-hetero) is 1. The van der Waals surface area contributed by atoms with Gasteiger partial charge in [-0.3, -0.25) is 9.59 Å². The number of aliphatic hydroxyl groups excluding tert-OH is 1. The maximum atomic E-state index is 13.1. The van der Waals surface area contributed by atoms with Crippen molar-refractivity contribution in [1.29, 1.82) is 0 Å². The maximum Gasteiger partial charge on any atom is 0.295 e. The Hall–Kier alpha value is -3.32. The van der Waals surface area contributed by atoms with Gasteiger partial charge in [0.1, 0.15) is 17.3 Å². The lowest BCUT2D eigenvalue weighted by Crippen LogP contribution is -2.32. The monoisotopic (exact) mass is 451 g/mol. The number of methoxy groups -OCH3 is 1. The number of amides is 1. The second kappa shape index (κ2) is 10.1. The van der Waals surface area contributed by atoms with Crippen molar-refractivity contribution in [3.05, 3.63) is 64.7 Å². The number of fused-ring (bicyclic) bond motifs is 1. The van der Waals surface area contributed by atoms with Crippen LogP contribution in [0.1, 0.15) is 42.5 Å². The van der Waals surface area contributed by atoms with Gasteiger partial charge in [-0.25, -0.2) is 0 Å². The molecule has 1 atom stereocenters. The summed E-state index contributed by atoms with van der Waals surface area (Å²) in [5.74, 6) is -0.0294. The predicted molar refractivity (Wildman–Crippen MR) is 123 cm³/mol. The standard InChI is InChI=1S/C26H29NO6/c1-3-4-13-32-20-8-5-17(6-9-20)23-22(25(29)26(30)27(23)12-15-31-2)24(28)19-7-10-21-18(16-19)11-14-33-21/h5-10,16,23,28H,3-4,11-15H2,1-2H3/b24-22-. The first-order valence-corrected chi connectivity index (χ1v) is 11.3. The SMILES string of the molecule is CCCCOc1ccc(C2/C(=C(/O)c3ccc4c(c3)CCO4)C(=O)C(=O)N2CCOC)cc1. The Morgan fingerprint density at radius 2 is 1.94 bits per heavy atom. The van der Waals surface area contributed by atoms with E-state index in [0.717, 1.165) is 41.9 Å². The maximum absolute atomic E-state index is 13.1. The minimum absolute atomic E-state index is 0.0784. The zero-order chi connectivity index (χ0) is 23.4. The molecule has 1 amide bonds. The van der Waals surface area contributed by atoms with Gasteiger partial charge >= 0.3 is 0 Å². The largest absolute Gasteiger partial charge is 0.507 e. The minimum atomic E-state index is -0.714. The van der Waals surface area contributed by atoms with E-state index in [0.29, 0.717) is 18.8 Å². The van der Waals surface area contributed by atoms with Crippen molar-refractivity contribution in [3.8, 4) is 11.5 Å². The predicted octanol–water partition coefficient (Wildman–Crippen LogP) is 3.87. The number of rotatable bonds is 9. The molecule has 0 saturated carbocycles. The molecule has 33 heavy (non-hydrogen) atoms. The highest BCUT2D eigenvalue weighted by molar-refractivity contribution is 6.46. The number of carbonyl (C=O) groups excluding carboxylic acids is 2. The van der Waals surface area contributed by atoms with Gasteiger partial charge in [0.25, 0.3) is 11.7 Å². The molecular weight excluding hydrogens is 422 g/mol. The molecule has 2 aromatic carbocycles. The molecule has 174 valence electrons. The molecular formula is C26H29NO6. The smallest absolute Gasteiger partial charge is 0.295 e. The molecule has 1 saturated heterocycles. The molecule has 0 aromatic heterocycles. The highest BCUT2D eigenvalue weighted by Gasteiger charge is 2.45. The molecule has 7 nitrogen and oxygen atoms in total. The van der Waals surface area contributed by atoms with Gasteiger partial charge in [0.05, 0.1) is 31.4 Å². The third-order valence-corrected chi connectivity index (χ3v) is 6.00. The highest BCUT2D eigenvalue weighted by atomic mass is 16.5. The molecule has 1 N–H and O–H groups in total. The normalized spacial score (nSPS) is 19.0. The minimum Gasteiger partial charge on any atom is -0.507 e. The Balaban J connectivity index is 1.73. The van der Waals surface area contributed by atoms with Gasteiger partial charge in [-0.05, 0) is 47.9 Å². The summed E-state index contributed by atoms with van der Waals surface area (Å²) in [6, 6.07) is 11.9. The van der Waals surface area contributed by atoms with E-state index in [2.05, 4.69) is 6.92 Å². The molecule has 0 aliphatic carbocycles. The fourth-order valence-electron chi connectivity index (χ4n) is 4.22. The van der Waals surface area contributed by atoms with Crippen molar-refractivity contribution in [2.45, 2.75) is 32.2 Å². The van der Waals surface area contributed by atoms with Gasteiger partial charge in [-0.1, -0.05) is 25.5 Å². The Morgan fingerprint density at radius 3 is 2.67 bits per heavy atom. The fourth-order valence-corrected chi connectivity index (χ4v) is 4.22. The van der Waals surface area contributed by atoms with E-state index in [1.165, 1.54) is 4.90 Å². The number of benzene rings is 2. The van der Waals surface area contributed by atoms with Crippen LogP contribution < -0.4 is 9.47 Å². The number of ether oxygens (including phenoxy) is 3. The first-order valence-electron chi connectivity index (χ1n) is 11.3.